The molecule has 21 heavy (non-hydrogen) atoms. The van der Waals surface area contributed by atoms with E-state index in [0.717, 1.165) is 0 Å². The maximum atomic E-state index is 8.52. The van der Waals surface area contributed by atoms with Crippen LogP contribution >= 0.6 is 0 Å². The molecule has 0 aromatic rings. The third-order valence-corrected chi connectivity index (χ3v) is 0. The zero-order valence-corrected chi connectivity index (χ0v) is 15.8. The van der Waals surface area contributed by atoms with Crippen LogP contribution in [0.1, 0.15) is 83.1 Å². The van der Waals surface area contributed by atoms with Gasteiger partial charge in [-0.15, -0.1) is 0 Å². The van der Waals surface area contributed by atoms with Crippen LogP contribution in [0.15, 0.2) is 0 Å². The van der Waals surface area contributed by atoms with E-state index in [9.17, 15) is 0 Å². The average molecular weight is 329 g/mol. The van der Waals surface area contributed by atoms with Gasteiger partial charge in [0, 0.05) is 0 Å². The van der Waals surface area contributed by atoms with Crippen molar-refractivity contribution in [2.45, 2.75) is 105 Å². The van der Waals surface area contributed by atoms with Crippen LogP contribution in [0.4, 0.5) is 0 Å². The number of hydrogen-bond donors (Lipinski definition) is 4. The molecule has 0 amide bonds. The van der Waals surface area contributed by atoms with Crippen molar-refractivity contribution in [1.82, 2.24) is 0 Å². The highest BCUT2D eigenvalue weighted by atomic mass is 28.1. The summed E-state index contributed by atoms with van der Waals surface area (Å²) >= 11 is 0. The molecule has 0 rings (SSSR count). The molecule has 136 valence electrons. The maximum absolute atomic E-state index is 8.52. The van der Waals surface area contributed by atoms with Gasteiger partial charge in [-0.2, -0.15) is 0 Å². The Morgan fingerprint density at radius 2 is 0.333 bits per heavy atom. The molecule has 0 saturated heterocycles. The molecule has 0 heterocycles. The Bertz CT molecular complexity index is 130. The zero-order valence-electron chi connectivity index (χ0n) is 15.8. The van der Waals surface area contributed by atoms with Gasteiger partial charge in [0.2, 0.25) is 0 Å². The van der Waals surface area contributed by atoms with Crippen LogP contribution in [0.2, 0.25) is 0 Å². The van der Waals surface area contributed by atoms with Gasteiger partial charge in [0.15, 0.2) is 0 Å². The summed E-state index contributed by atoms with van der Waals surface area (Å²) in [5, 5.41) is 34.1. The molecule has 4 nitrogen and oxygen atoms in total. The van der Waals surface area contributed by atoms with Crippen LogP contribution in [0, 0.1) is 0 Å². The van der Waals surface area contributed by atoms with Crippen molar-refractivity contribution >= 4 is 11.0 Å². The van der Waals surface area contributed by atoms with Crippen LogP contribution in [-0.4, -0.2) is 53.8 Å². The predicted octanol–water partition coefficient (Wildman–Crippen LogP) is 1.66. The Hall–Kier alpha value is 0.0569. The Balaban J connectivity index is -0.0000000533. The summed E-state index contributed by atoms with van der Waals surface area (Å²) in [5.41, 5.74) is -2.00. The third kappa shape index (κ3) is 2020000. The fourth-order valence-electron chi connectivity index (χ4n) is 0. The zero-order chi connectivity index (χ0) is 18.0. The molecule has 0 aromatic heterocycles. The molecule has 0 spiro atoms. The molecule has 0 aliphatic carbocycles. The molecule has 0 unspecified atom stereocenters. The van der Waals surface area contributed by atoms with Crippen LogP contribution in [0.25, 0.3) is 0 Å². The summed E-state index contributed by atoms with van der Waals surface area (Å²) in [4.78, 5) is 0. The van der Waals surface area contributed by atoms with Gasteiger partial charge in [0.05, 0.1) is 22.4 Å². The second-order valence-corrected chi connectivity index (χ2v) is 8.68. The van der Waals surface area contributed by atoms with Crippen molar-refractivity contribution in [2.24, 2.45) is 0 Å². The highest BCUT2D eigenvalue weighted by Crippen LogP contribution is 1.94. The Kier molecular flexibility index (Phi) is 19.7. The lowest BCUT2D eigenvalue weighted by Gasteiger charge is -2.04. The minimum Gasteiger partial charge on any atom is -0.391 e. The smallest absolute Gasteiger partial charge is 0.0563 e. The summed E-state index contributed by atoms with van der Waals surface area (Å²) in [6, 6.07) is 0. The third-order valence-electron chi connectivity index (χ3n) is 0. The van der Waals surface area contributed by atoms with Crippen LogP contribution in [0.5, 0.6) is 0 Å². The molecule has 0 aliphatic rings. The van der Waals surface area contributed by atoms with Gasteiger partial charge in [0.1, 0.15) is 0 Å². The minimum atomic E-state index is -0.500. The largest absolute Gasteiger partial charge is 0.391 e. The van der Waals surface area contributed by atoms with E-state index in [1.807, 2.05) is 0 Å². The van der Waals surface area contributed by atoms with Crippen molar-refractivity contribution in [3.8, 4) is 0 Å². The van der Waals surface area contributed by atoms with Crippen molar-refractivity contribution in [3.05, 3.63) is 0 Å². The van der Waals surface area contributed by atoms with Crippen LogP contribution in [0.3, 0.4) is 0 Å². The van der Waals surface area contributed by atoms with Crippen molar-refractivity contribution in [2.75, 3.05) is 0 Å². The number of hydrogen-bond acceptors (Lipinski definition) is 4. The number of aliphatic hydroxyl groups is 4. The molecule has 4 N–H and O–H groups in total. The van der Waals surface area contributed by atoms with Crippen LogP contribution < -0.4 is 0 Å². The quantitative estimate of drug-likeness (QED) is 0.510. The van der Waals surface area contributed by atoms with Gasteiger partial charge in [-0.25, -0.2) is 0 Å². The Morgan fingerprint density at radius 3 is 0.333 bits per heavy atom. The molecular weight excluding hydrogens is 284 g/mol. The van der Waals surface area contributed by atoms with E-state index in [2.05, 4.69) is 0 Å². The first-order chi connectivity index (χ1) is 8.00. The first kappa shape index (κ1) is 32.9. The van der Waals surface area contributed by atoms with Crippen LogP contribution in [-0.2, 0) is 0 Å². The van der Waals surface area contributed by atoms with Crippen molar-refractivity contribution in [1.29, 1.82) is 0 Å². The van der Waals surface area contributed by atoms with Gasteiger partial charge in [-0.1, -0.05) is 0 Å². The lowest BCUT2D eigenvalue weighted by Crippen LogP contribution is -2.10. The highest BCUT2D eigenvalue weighted by molar-refractivity contribution is 5.75. The first-order valence-corrected chi connectivity index (χ1v) is 6.89. The lowest BCUT2D eigenvalue weighted by molar-refractivity contribution is 0.101. The van der Waals surface area contributed by atoms with Gasteiger partial charge < -0.3 is 20.4 Å². The van der Waals surface area contributed by atoms with Gasteiger partial charge >= 0.3 is 0 Å². The SMILES string of the molecule is CC(C)(C)O.CC(C)(C)O.CC(C)(C)O.CC(C)(C)O.[SiH4]. The van der Waals surface area contributed by atoms with E-state index in [1.54, 1.807) is 83.1 Å². The molecule has 0 fully saturated rings. The molecular formula is C16H44O4Si. The molecule has 0 saturated carbocycles. The molecule has 0 atom stereocenters. The van der Waals surface area contributed by atoms with E-state index in [1.165, 1.54) is 0 Å². The van der Waals surface area contributed by atoms with Gasteiger partial charge in [-0.05, 0) is 94.1 Å². The first-order valence-electron chi connectivity index (χ1n) is 6.89. The minimum absolute atomic E-state index is 0. The fourth-order valence-corrected chi connectivity index (χ4v) is 0. The monoisotopic (exact) mass is 328 g/mol. The average Bonchev–Trinajstić information content (AvgIpc) is 1.62. The molecule has 5 heteroatoms. The second-order valence-electron chi connectivity index (χ2n) is 8.68. The van der Waals surface area contributed by atoms with E-state index in [0.29, 0.717) is 0 Å². The second kappa shape index (κ2) is 12.6. The maximum Gasteiger partial charge on any atom is 0.0563 e. The summed E-state index contributed by atoms with van der Waals surface area (Å²) in [6.07, 6.45) is 0. The van der Waals surface area contributed by atoms with E-state index in [4.69, 9.17) is 20.4 Å². The summed E-state index contributed by atoms with van der Waals surface area (Å²) < 4.78 is 0. The standard InChI is InChI=1S/4C4H10O.H4Si/c4*1-4(2,3)5;/h4*5H,1-3H3;1H4. The summed E-state index contributed by atoms with van der Waals surface area (Å²) in [7, 11) is 0. The normalized spacial score (nSPS) is 11.4. The molecule has 0 bridgehead atoms. The fraction of sp³-hybridized carbons (Fsp3) is 1.00. The Morgan fingerprint density at radius 1 is 0.333 bits per heavy atom. The van der Waals surface area contributed by atoms with E-state index >= 15 is 0 Å². The van der Waals surface area contributed by atoms with Crippen molar-refractivity contribution in [3.63, 3.8) is 0 Å². The Labute approximate surface area is 137 Å². The molecule has 0 aromatic carbocycles. The number of rotatable bonds is 0. The van der Waals surface area contributed by atoms with Gasteiger partial charge in [0.25, 0.3) is 0 Å². The van der Waals surface area contributed by atoms with E-state index in [-0.39, 0.29) is 11.0 Å². The lowest BCUT2D eigenvalue weighted by atomic mass is 10.2. The highest BCUT2D eigenvalue weighted by Gasteiger charge is 1.99. The predicted molar refractivity (Wildman–Crippen MR) is 99.2 cm³/mol. The molecule has 0 aliphatic heterocycles. The summed E-state index contributed by atoms with van der Waals surface area (Å²) in [5.74, 6) is 0. The summed E-state index contributed by atoms with van der Waals surface area (Å²) in [6.45, 7) is 20.9. The topological polar surface area (TPSA) is 80.9 Å². The van der Waals surface area contributed by atoms with E-state index < -0.39 is 22.4 Å². The van der Waals surface area contributed by atoms with Gasteiger partial charge in [-0.3, -0.25) is 0 Å². The van der Waals surface area contributed by atoms with Crippen molar-refractivity contribution < 1.29 is 20.4 Å². The molecule has 0 radical (unpaired) electrons.